The number of rotatable bonds is 55. The number of hydrogen-bond acceptors (Lipinski definition) is 8. The molecule has 0 aliphatic rings. The van der Waals surface area contributed by atoms with E-state index < -0.39 is 32.5 Å². The zero-order chi connectivity index (χ0) is 55.9. The summed E-state index contributed by atoms with van der Waals surface area (Å²) in [6.07, 6.45) is 87.9. The molecular formula is C67H110NO8P. The molecule has 9 nitrogen and oxygen atoms in total. The average molecular weight is 1090 g/mol. The minimum absolute atomic E-state index is 0.0377. The van der Waals surface area contributed by atoms with Gasteiger partial charge in [-0.3, -0.25) is 18.6 Å². The molecule has 77 heavy (non-hydrogen) atoms. The van der Waals surface area contributed by atoms with Crippen LogP contribution in [0.15, 0.2) is 146 Å². The standard InChI is InChI=1S/C67H110NO8P/c1-3-5-7-9-11-13-15-17-19-21-23-24-25-26-27-28-29-30-31-32-33-34-35-36-37-38-39-40-42-44-46-48-50-52-54-56-58-60-67(70)76-65(64-75-77(71,72)74-62-61-68)63-73-66(69)59-57-55-53-51-49-47-45-43-41-22-20-18-16-14-12-10-8-6-4-2/h5-8,11-14,17-20,23-24,26-27,29-30,41,43,47,49,53,55,65H,3-4,9-10,15-16,21-22,25,28,31-40,42,44-46,48,50-52,54,56-64,68H2,1-2H3,(H,71,72)/b7-5-,8-6-,13-11-,14-12-,19-17-,20-18-,24-23-,27-26-,30-29-,43-41-,49-47-,55-53-. The molecule has 3 N–H and O–H groups in total. The van der Waals surface area contributed by atoms with Crippen molar-refractivity contribution in [3.05, 3.63) is 146 Å². The van der Waals surface area contributed by atoms with E-state index in [0.717, 1.165) is 96.3 Å². The highest BCUT2D eigenvalue weighted by molar-refractivity contribution is 7.47. The van der Waals surface area contributed by atoms with Gasteiger partial charge in [0.15, 0.2) is 6.10 Å². The highest BCUT2D eigenvalue weighted by atomic mass is 31.2. The first-order chi connectivity index (χ1) is 37.8. The van der Waals surface area contributed by atoms with Gasteiger partial charge in [0, 0.05) is 19.4 Å². The molecule has 0 aromatic heterocycles. The summed E-state index contributed by atoms with van der Waals surface area (Å²) in [5.74, 6) is -0.931. The van der Waals surface area contributed by atoms with E-state index in [2.05, 4.69) is 148 Å². The number of carbonyl (C=O) groups is 2. The van der Waals surface area contributed by atoms with E-state index in [4.69, 9.17) is 24.3 Å². The lowest BCUT2D eigenvalue weighted by Gasteiger charge is -2.19. The van der Waals surface area contributed by atoms with E-state index in [0.29, 0.717) is 12.8 Å². The van der Waals surface area contributed by atoms with E-state index in [1.807, 2.05) is 12.2 Å². The summed E-state index contributed by atoms with van der Waals surface area (Å²) >= 11 is 0. The summed E-state index contributed by atoms with van der Waals surface area (Å²) in [5.41, 5.74) is 5.38. The Morgan fingerprint density at radius 3 is 1.05 bits per heavy atom. The Morgan fingerprint density at radius 1 is 0.390 bits per heavy atom. The Hall–Kier alpha value is -4.11. The molecule has 0 bridgehead atoms. The number of hydrogen-bond donors (Lipinski definition) is 2. The molecule has 0 rings (SSSR count). The van der Waals surface area contributed by atoms with Crippen molar-refractivity contribution < 1.29 is 37.6 Å². The van der Waals surface area contributed by atoms with Crippen molar-refractivity contribution in [2.45, 2.75) is 238 Å². The molecule has 2 atom stereocenters. The van der Waals surface area contributed by atoms with Crippen molar-refractivity contribution in [3.63, 3.8) is 0 Å². The minimum atomic E-state index is -4.41. The maximum atomic E-state index is 12.7. The van der Waals surface area contributed by atoms with Crippen LogP contribution in [-0.4, -0.2) is 49.3 Å². The van der Waals surface area contributed by atoms with Crippen molar-refractivity contribution in [1.29, 1.82) is 0 Å². The van der Waals surface area contributed by atoms with E-state index in [9.17, 15) is 19.0 Å². The zero-order valence-corrected chi connectivity index (χ0v) is 49.5. The molecule has 0 aromatic rings. The van der Waals surface area contributed by atoms with Crippen LogP contribution in [0.3, 0.4) is 0 Å². The van der Waals surface area contributed by atoms with Gasteiger partial charge in [0.05, 0.1) is 13.2 Å². The lowest BCUT2D eigenvalue weighted by molar-refractivity contribution is -0.161. The number of allylic oxidation sites excluding steroid dienone is 24. The summed E-state index contributed by atoms with van der Waals surface area (Å²) in [7, 11) is -4.41. The normalized spacial score (nSPS) is 14.1. The molecule has 0 saturated heterocycles. The van der Waals surface area contributed by atoms with Crippen LogP contribution in [0, 0.1) is 0 Å². The fourth-order valence-corrected chi connectivity index (χ4v) is 8.61. The van der Waals surface area contributed by atoms with E-state index in [1.54, 1.807) is 0 Å². The van der Waals surface area contributed by atoms with Crippen molar-refractivity contribution in [1.82, 2.24) is 0 Å². The number of nitrogens with two attached hydrogens (primary N) is 1. The third kappa shape index (κ3) is 61.0. The van der Waals surface area contributed by atoms with Crippen LogP contribution in [0.4, 0.5) is 0 Å². The second-order valence-corrected chi connectivity index (χ2v) is 20.9. The molecule has 0 fully saturated rings. The monoisotopic (exact) mass is 1090 g/mol. The largest absolute Gasteiger partial charge is 0.472 e. The molecule has 0 aliphatic heterocycles. The summed E-state index contributed by atoms with van der Waals surface area (Å²) in [4.78, 5) is 35.1. The predicted octanol–water partition coefficient (Wildman–Crippen LogP) is 19.5. The van der Waals surface area contributed by atoms with Gasteiger partial charge in [-0.25, -0.2) is 4.57 Å². The van der Waals surface area contributed by atoms with Crippen LogP contribution < -0.4 is 5.73 Å². The lowest BCUT2D eigenvalue weighted by atomic mass is 10.0. The molecule has 0 aliphatic carbocycles. The van der Waals surface area contributed by atoms with E-state index in [-0.39, 0.29) is 32.6 Å². The predicted molar refractivity (Wildman–Crippen MR) is 330 cm³/mol. The average Bonchev–Trinajstić information content (AvgIpc) is 3.42. The highest BCUT2D eigenvalue weighted by Crippen LogP contribution is 2.43. The maximum absolute atomic E-state index is 12.7. The molecule has 10 heteroatoms. The van der Waals surface area contributed by atoms with Gasteiger partial charge in [-0.15, -0.1) is 0 Å². The van der Waals surface area contributed by atoms with Gasteiger partial charge in [-0.05, 0) is 103 Å². The van der Waals surface area contributed by atoms with Crippen LogP contribution in [0.25, 0.3) is 0 Å². The second-order valence-electron chi connectivity index (χ2n) is 19.5. The Labute approximate surface area is 471 Å². The van der Waals surface area contributed by atoms with Gasteiger partial charge >= 0.3 is 19.8 Å². The second kappa shape index (κ2) is 61.1. The molecule has 0 amide bonds. The Balaban J connectivity index is 3.96. The maximum Gasteiger partial charge on any atom is 0.472 e. The van der Waals surface area contributed by atoms with Gasteiger partial charge in [0.1, 0.15) is 6.61 Å². The SMILES string of the molecule is CC/C=C\C/C=C\C/C=C\C/C=C\C/C=C\C/C=C\CCCCCCCCCCCCCCCCCCCCC(=O)OC(COC(=O)CC/C=C\C/C=C\C/C=C\C/C=C\C/C=C\C/C=C\CC)COP(=O)(O)OCCN. The molecule has 0 spiro atoms. The number of unbranched alkanes of at least 4 members (excludes halogenated alkanes) is 18. The number of phosphoric ester groups is 1. The van der Waals surface area contributed by atoms with Gasteiger partial charge in [-0.1, -0.05) is 262 Å². The summed E-state index contributed by atoms with van der Waals surface area (Å²) in [6.45, 7) is 3.42. The summed E-state index contributed by atoms with van der Waals surface area (Å²) in [5, 5.41) is 0. The molecule has 0 heterocycles. The van der Waals surface area contributed by atoms with E-state index >= 15 is 0 Å². The van der Waals surface area contributed by atoms with Crippen molar-refractivity contribution in [3.8, 4) is 0 Å². The van der Waals surface area contributed by atoms with Gasteiger partial charge < -0.3 is 20.1 Å². The molecule has 0 saturated carbocycles. The fourth-order valence-electron chi connectivity index (χ4n) is 7.84. The highest BCUT2D eigenvalue weighted by Gasteiger charge is 2.26. The van der Waals surface area contributed by atoms with Crippen LogP contribution in [0.1, 0.15) is 232 Å². The van der Waals surface area contributed by atoms with Crippen LogP contribution in [-0.2, 0) is 32.7 Å². The number of phosphoric acid groups is 1. The molecular weight excluding hydrogens is 978 g/mol. The first kappa shape index (κ1) is 72.9. The lowest BCUT2D eigenvalue weighted by Crippen LogP contribution is -2.29. The quantitative estimate of drug-likeness (QED) is 0.0264. The van der Waals surface area contributed by atoms with Gasteiger partial charge in [0.2, 0.25) is 0 Å². The first-order valence-electron chi connectivity index (χ1n) is 30.3. The first-order valence-corrected chi connectivity index (χ1v) is 31.8. The van der Waals surface area contributed by atoms with Crippen molar-refractivity contribution in [2.75, 3.05) is 26.4 Å². The summed E-state index contributed by atoms with van der Waals surface area (Å²) < 4.78 is 32.9. The number of carbonyl (C=O) groups excluding carboxylic acids is 2. The molecule has 2 unspecified atom stereocenters. The fraction of sp³-hybridized carbons (Fsp3) is 0.612. The van der Waals surface area contributed by atoms with Gasteiger partial charge in [0.25, 0.3) is 0 Å². The van der Waals surface area contributed by atoms with Crippen LogP contribution in [0.2, 0.25) is 0 Å². The van der Waals surface area contributed by atoms with Crippen molar-refractivity contribution >= 4 is 19.8 Å². The third-order valence-electron chi connectivity index (χ3n) is 12.2. The smallest absolute Gasteiger partial charge is 0.462 e. The minimum Gasteiger partial charge on any atom is -0.462 e. The zero-order valence-electron chi connectivity index (χ0n) is 48.6. The molecule has 0 radical (unpaired) electrons. The summed E-state index contributed by atoms with van der Waals surface area (Å²) in [6, 6.07) is 0. The number of esters is 2. The third-order valence-corrected chi connectivity index (χ3v) is 13.2. The Morgan fingerprint density at radius 2 is 0.701 bits per heavy atom. The topological polar surface area (TPSA) is 134 Å². The van der Waals surface area contributed by atoms with Crippen LogP contribution in [0.5, 0.6) is 0 Å². The molecule has 0 aromatic carbocycles. The van der Waals surface area contributed by atoms with Crippen LogP contribution >= 0.6 is 7.82 Å². The molecule has 436 valence electrons. The Bertz CT molecular complexity index is 1770. The van der Waals surface area contributed by atoms with E-state index in [1.165, 1.54) is 96.3 Å². The number of ether oxygens (including phenoxy) is 2. The van der Waals surface area contributed by atoms with Gasteiger partial charge in [-0.2, -0.15) is 0 Å². The Kier molecular flexibility index (Phi) is 57.8. The van der Waals surface area contributed by atoms with Crippen molar-refractivity contribution in [2.24, 2.45) is 5.73 Å².